The van der Waals surface area contributed by atoms with Crippen molar-refractivity contribution in [3.05, 3.63) is 59.8 Å². The van der Waals surface area contributed by atoms with E-state index < -0.39 is 11.9 Å². The minimum atomic E-state index is -1.08. The molecule has 2 N–H and O–H groups in total. The molecule has 0 aliphatic rings. The molecule has 0 atom stereocenters. The Morgan fingerprint density at radius 2 is 1.68 bits per heavy atom. The van der Waals surface area contributed by atoms with E-state index in [-0.39, 0.29) is 11.1 Å². The molecule has 0 unspecified atom stereocenters. The van der Waals surface area contributed by atoms with Gasteiger partial charge in [0.05, 0.1) is 28.0 Å². The summed E-state index contributed by atoms with van der Waals surface area (Å²) in [5.74, 6) is -2.16. The third-order valence-electron chi connectivity index (χ3n) is 3.22. The Morgan fingerprint density at radius 3 is 2.41 bits per heavy atom. The van der Waals surface area contributed by atoms with E-state index in [0.29, 0.717) is 22.3 Å². The first-order valence-corrected chi connectivity index (χ1v) is 6.39. The Kier molecular flexibility index (Phi) is 3.27. The summed E-state index contributed by atoms with van der Waals surface area (Å²) in [5.41, 5.74) is 1.31. The molecular weight excluding hydrogens is 284 g/mol. The first kappa shape index (κ1) is 13.7. The highest BCUT2D eigenvalue weighted by atomic mass is 16.4. The van der Waals surface area contributed by atoms with Gasteiger partial charge in [0.2, 0.25) is 0 Å². The van der Waals surface area contributed by atoms with E-state index in [9.17, 15) is 14.7 Å². The summed E-state index contributed by atoms with van der Waals surface area (Å²) in [7, 11) is 0. The lowest BCUT2D eigenvalue weighted by molar-refractivity contribution is 0.0687. The molecule has 0 saturated heterocycles. The third kappa shape index (κ3) is 2.37. The zero-order valence-electron chi connectivity index (χ0n) is 11.2. The summed E-state index contributed by atoms with van der Waals surface area (Å²) in [5, 5.41) is 18.9. The molecule has 0 radical (unpaired) electrons. The third-order valence-corrected chi connectivity index (χ3v) is 3.22. The average molecular weight is 294 g/mol. The molecule has 6 heteroatoms. The fraction of sp³-hybridized carbons (Fsp3) is 0. The van der Waals surface area contributed by atoms with Crippen LogP contribution in [0.1, 0.15) is 20.7 Å². The van der Waals surface area contributed by atoms with Crippen LogP contribution in [-0.2, 0) is 0 Å². The number of carboxylic acids is 2. The molecular formula is C16H10N2O4. The number of hydrogen-bond acceptors (Lipinski definition) is 4. The van der Waals surface area contributed by atoms with Gasteiger partial charge in [-0.25, -0.2) is 14.6 Å². The molecule has 0 saturated carbocycles. The number of carbonyl (C=O) groups is 2. The van der Waals surface area contributed by atoms with Crippen LogP contribution in [0.2, 0.25) is 0 Å². The van der Waals surface area contributed by atoms with Crippen molar-refractivity contribution in [1.29, 1.82) is 0 Å². The fourth-order valence-corrected chi connectivity index (χ4v) is 2.19. The van der Waals surface area contributed by atoms with Crippen molar-refractivity contribution < 1.29 is 19.8 Å². The van der Waals surface area contributed by atoms with E-state index in [0.717, 1.165) is 0 Å². The maximum atomic E-state index is 11.4. The summed E-state index contributed by atoms with van der Waals surface area (Å²) in [4.78, 5) is 30.9. The highest BCUT2D eigenvalue weighted by molar-refractivity contribution is 6.03. The topological polar surface area (TPSA) is 100 Å². The van der Waals surface area contributed by atoms with Gasteiger partial charge in [-0.15, -0.1) is 0 Å². The average Bonchev–Trinajstić information content (AvgIpc) is 2.53. The van der Waals surface area contributed by atoms with Crippen molar-refractivity contribution in [2.75, 3.05) is 0 Å². The standard InChI is InChI=1S/C16H10N2O4/c19-15(20)9-5-6-17-13(7-9)14-8-11(16(21)22)10-3-1-2-4-12(10)18-14/h1-8H,(H,19,20)(H,21,22). The van der Waals surface area contributed by atoms with Gasteiger partial charge in [-0.2, -0.15) is 0 Å². The number of rotatable bonds is 3. The van der Waals surface area contributed by atoms with Crippen LogP contribution in [0, 0.1) is 0 Å². The molecule has 0 aliphatic carbocycles. The van der Waals surface area contributed by atoms with Crippen LogP contribution in [-0.4, -0.2) is 32.1 Å². The molecule has 3 rings (SSSR count). The molecule has 108 valence electrons. The van der Waals surface area contributed by atoms with Crippen molar-refractivity contribution in [2.45, 2.75) is 0 Å². The second-order valence-electron chi connectivity index (χ2n) is 4.61. The number of aromatic nitrogens is 2. The smallest absolute Gasteiger partial charge is 0.336 e. The lowest BCUT2D eigenvalue weighted by Gasteiger charge is -2.07. The normalized spacial score (nSPS) is 10.5. The molecule has 2 aromatic heterocycles. The van der Waals surface area contributed by atoms with Crippen molar-refractivity contribution >= 4 is 22.8 Å². The monoisotopic (exact) mass is 294 g/mol. The summed E-state index contributed by atoms with van der Waals surface area (Å²) in [6.45, 7) is 0. The van der Waals surface area contributed by atoms with Crippen LogP contribution in [0.15, 0.2) is 48.7 Å². The highest BCUT2D eigenvalue weighted by Crippen LogP contribution is 2.24. The van der Waals surface area contributed by atoms with Crippen LogP contribution < -0.4 is 0 Å². The molecule has 0 spiro atoms. The Labute approximate surface area is 124 Å². The van der Waals surface area contributed by atoms with Gasteiger partial charge in [0.1, 0.15) is 0 Å². The lowest BCUT2D eigenvalue weighted by atomic mass is 10.1. The maximum Gasteiger partial charge on any atom is 0.336 e. The minimum absolute atomic E-state index is 0.0665. The molecule has 22 heavy (non-hydrogen) atoms. The lowest BCUT2D eigenvalue weighted by Crippen LogP contribution is -2.02. The number of carboxylic acid groups (broad SMARTS) is 2. The second kappa shape index (κ2) is 5.25. The van der Waals surface area contributed by atoms with Crippen LogP contribution >= 0.6 is 0 Å². The zero-order chi connectivity index (χ0) is 15.7. The summed E-state index contributed by atoms with van der Waals surface area (Å²) < 4.78 is 0. The molecule has 6 nitrogen and oxygen atoms in total. The molecule has 0 aliphatic heterocycles. The number of aromatic carboxylic acids is 2. The van der Waals surface area contributed by atoms with Crippen molar-refractivity contribution in [3.63, 3.8) is 0 Å². The van der Waals surface area contributed by atoms with Gasteiger partial charge in [-0.3, -0.25) is 4.98 Å². The van der Waals surface area contributed by atoms with Crippen LogP contribution in [0.5, 0.6) is 0 Å². The number of hydrogen-bond donors (Lipinski definition) is 2. The predicted molar refractivity (Wildman–Crippen MR) is 78.9 cm³/mol. The number of pyridine rings is 2. The van der Waals surface area contributed by atoms with Gasteiger partial charge < -0.3 is 10.2 Å². The van der Waals surface area contributed by atoms with Gasteiger partial charge >= 0.3 is 11.9 Å². The predicted octanol–water partition coefficient (Wildman–Crippen LogP) is 2.69. The molecule has 3 aromatic rings. The van der Waals surface area contributed by atoms with Crippen LogP contribution in [0.4, 0.5) is 0 Å². The Balaban J connectivity index is 2.25. The van der Waals surface area contributed by atoms with Crippen molar-refractivity contribution in [1.82, 2.24) is 9.97 Å². The Hall–Kier alpha value is -3.28. The van der Waals surface area contributed by atoms with Gasteiger partial charge in [-0.1, -0.05) is 18.2 Å². The van der Waals surface area contributed by atoms with Gasteiger partial charge in [0.25, 0.3) is 0 Å². The SMILES string of the molecule is O=C(O)c1ccnc(-c2cc(C(=O)O)c3ccccc3n2)c1. The van der Waals surface area contributed by atoms with Gasteiger partial charge in [0, 0.05) is 11.6 Å². The molecule has 2 heterocycles. The number of nitrogens with zero attached hydrogens (tertiary/aromatic N) is 2. The van der Waals surface area contributed by atoms with Crippen molar-refractivity contribution in [2.24, 2.45) is 0 Å². The molecule has 1 aromatic carbocycles. The van der Waals surface area contributed by atoms with E-state index in [1.54, 1.807) is 24.3 Å². The first-order chi connectivity index (χ1) is 10.6. The molecule has 0 amide bonds. The highest BCUT2D eigenvalue weighted by Gasteiger charge is 2.14. The van der Waals surface area contributed by atoms with Gasteiger partial charge in [-0.05, 0) is 24.3 Å². The van der Waals surface area contributed by atoms with E-state index in [1.807, 2.05) is 0 Å². The fourth-order valence-electron chi connectivity index (χ4n) is 2.19. The van der Waals surface area contributed by atoms with Gasteiger partial charge in [0.15, 0.2) is 0 Å². The Bertz CT molecular complexity index is 906. The largest absolute Gasteiger partial charge is 0.478 e. The number of fused-ring (bicyclic) bond motifs is 1. The summed E-state index contributed by atoms with van der Waals surface area (Å²) in [6, 6.07) is 11.0. The molecule has 0 fully saturated rings. The summed E-state index contributed by atoms with van der Waals surface area (Å²) >= 11 is 0. The Morgan fingerprint density at radius 1 is 0.909 bits per heavy atom. The summed E-state index contributed by atoms with van der Waals surface area (Å²) in [6.07, 6.45) is 1.36. The number of para-hydroxylation sites is 1. The maximum absolute atomic E-state index is 11.4. The minimum Gasteiger partial charge on any atom is -0.478 e. The second-order valence-corrected chi connectivity index (χ2v) is 4.61. The number of benzene rings is 1. The van der Waals surface area contributed by atoms with Crippen LogP contribution in [0.3, 0.4) is 0 Å². The van der Waals surface area contributed by atoms with E-state index in [1.165, 1.54) is 24.4 Å². The van der Waals surface area contributed by atoms with Crippen molar-refractivity contribution in [3.8, 4) is 11.4 Å². The zero-order valence-corrected chi connectivity index (χ0v) is 11.2. The first-order valence-electron chi connectivity index (χ1n) is 6.39. The van der Waals surface area contributed by atoms with E-state index in [2.05, 4.69) is 9.97 Å². The quantitative estimate of drug-likeness (QED) is 0.770. The molecule has 0 bridgehead atoms. The van der Waals surface area contributed by atoms with E-state index in [4.69, 9.17) is 5.11 Å². The van der Waals surface area contributed by atoms with Crippen LogP contribution in [0.25, 0.3) is 22.3 Å². The van der Waals surface area contributed by atoms with E-state index >= 15 is 0 Å².